The fourth-order valence-electron chi connectivity index (χ4n) is 2.39. The molecule has 0 aliphatic carbocycles. The number of hydrogen-bond acceptors (Lipinski definition) is 4. The van der Waals surface area contributed by atoms with Crippen LogP contribution in [-0.2, 0) is 26.9 Å². The van der Waals surface area contributed by atoms with Gasteiger partial charge in [0.25, 0.3) is 0 Å². The first kappa shape index (κ1) is 19.1. The Morgan fingerprint density at radius 1 is 1.12 bits per heavy atom. The van der Waals surface area contributed by atoms with E-state index in [9.17, 15) is 17.6 Å². The minimum Gasteiger partial charge on any atom is -0.465 e. The summed E-state index contributed by atoms with van der Waals surface area (Å²) in [5, 5.41) is 0. The largest absolute Gasteiger partial charge is 0.465 e. The lowest BCUT2D eigenvalue weighted by Crippen LogP contribution is -2.26. The molecule has 0 amide bonds. The van der Waals surface area contributed by atoms with E-state index in [-0.39, 0.29) is 18.1 Å². The van der Waals surface area contributed by atoms with Gasteiger partial charge in [-0.3, -0.25) is 0 Å². The molecule has 0 unspecified atom stereocenters. The molecule has 0 heterocycles. The maximum Gasteiger partial charge on any atom is 0.337 e. The van der Waals surface area contributed by atoms with Crippen LogP contribution in [0.1, 0.15) is 27.9 Å². The highest BCUT2D eigenvalue weighted by Crippen LogP contribution is 2.10. The Kier molecular flexibility index (Phi) is 6.66. The Morgan fingerprint density at radius 3 is 2.56 bits per heavy atom. The number of esters is 1. The van der Waals surface area contributed by atoms with Gasteiger partial charge < -0.3 is 4.74 Å². The molecule has 0 aliphatic heterocycles. The Bertz CT molecular complexity index is 836. The van der Waals surface area contributed by atoms with Crippen LogP contribution in [0.25, 0.3) is 0 Å². The molecule has 2 aromatic rings. The maximum absolute atomic E-state index is 13.1. The van der Waals surface area contributed by atoms with Gasteiger partial charge in [0.05, 0.1) is 18.4 Å². The van der Waals surface area contributed by atoms with Crippen LogP contribution < -0.4 is 4.72 Å². The van der Waals surface area contributed by atoms with Gasteiger partial charge in [-0.05, 0) is 48.2 Å². The van der Waals surface area contributed by atoms with Gasteiger partial charge in [-0.1, -0.05) is 24.3 Å². The number of carbonyl (C=O) groups is 1. The quantitative estimate of drug-likeness (QED) is 0.577. The monoisotopic (exact) mass is 365 g/mol. The van der Waals surface area contributed by atoms with Gasteiger partial charge in [-0.25, -0.2) is 22.3 Å². The molecule has 0 saturated heterocycles. The van der Waals surface area contributed by atoms with Gasteiger partial charge in [-0.15, -0.1) is 0 Å². The molecule has 0 atom stereocenters. The van der Waals surface area contributed by atoms with Gasteiger partial charge in [0.1, 0.15) is 5.82 Å². The third-order valence-corrected chi connectivity index (χ3v) is 4.92. The first-order chi connectivity index (χ1) is 11.9. The van der Waals surface area contributed by atoms with E-state index in [0.29, 0.717) is 24.0 Å². The normalized spacial score (nSPS) is 11.3. The minimum absolute atomic E-state index is 0.224. The summed E-state index contributed by atoms with van der Waals surface area (Å²) in [6.45, 7) is 0.259. The number of rotatable bonds is 8. The van der Waals surface area contributed by atoms with E-state index < -0.39 is 16.0 Å². The Hall–Kier alpha value is -2.25. The predicted molar refractivity (Wildman–Crippen MR) is 93.1 cm³/mol. The van der Waals surface area contributed by atoms with Crippen molar-refractivity contribution in [3.8, 4) is 0 Å². The second kappa shape index (κ2) is 8.73. The number of methoxy groups -OCH3 is 1. The number of carbonyl (C=O) groups excluding carboxylic acids is 1. The molecule has 0 bridgehead atoms. The summed E-state index contributed by atoms with van der Waals surface area (Å²) in [6, 6.07) is 12.5. The first-order valence-corrected chi connectivity index (χ1v) is 9.44. The summed E-state index contributed by atoms with van der Waals surface area (Å²) < 4.78 is 44.5. The lowest BCUT2D eigenvalue weighted by Gasteiger charge is -2.08. The molecule has 0 fully saturated rings. The predicted octanol–water partition coefficient (Wildman–Crippen LogP) is 2.66. The van der Waals surface area contributed by atoms with Gasteiger partial charge in [0.2, 0.25) is 10.0 Å². The number of halogens is 1. The number of hydrogen-bond donors (Lipinski definition) is 1. The first-order valence-electron chi connectivity index (χ1n) is 7.79. The number of sulfonamides is 1. The number of benzene rings is 2. The van der Waals surface area contributed by atoms with E-state index in [1.165, 1.54) is 25.3 Å². The number of nitrogens with one attached hydrogen (secondary N) is 1. The summed E-state index contributed by atoms with van der Waals surface area (Å²) >= 11 is 0. The van der Waals surface area contributed by atoms with Crippen molar-refractivity contribution >= 4 is 16.0 Å². The molecule has 2 rings (SSSR count). The summed E-state index contributed by atoms with van der Waals surface area (Å²) in [7, 11) is -2.25. The molecule has 1 N–H and O–H groups in total. The number of ether oxygens (including phenoxy) is 1. The molecule has 2 aromatic carbocycles. The molecule has 0 radical (unpaired) electrons. The maximum atomic E-state index is 13.1. The molecule has 0 saturated carbocycles. The fraction of sp³-hybridized carbons (Fsp3) is 0.278. The van der Waals surface area contributed by atoms with Gasteiger partial charge in [-0.2, -0.15) is 0 Å². The highest BCUT2D eigenvalue weighted by atomic mass is 32.2. The average Bonchev–Trinajstić information content (AvgIpc) is 2.58. The topological polar surface area (TPSA) is 72.5 Å². The van der Waals surface area contributed by atoms with Crippen LogP contribution in [-0.4, -0.2) is 28.0 Å². The molecule has 0 aliphatic rings. The van der Waals surface area contributed by atoms with E-state index in [1.54, 1.807) is 30.3 Å². The van der Waals surface area contributed by atoms with Crippen molar-refractivity contribution in [2.45, 2.75) is 18.6 Å². The van der Waals surface area contributed by atoms with Gasteiger partial charge in [0, 0.05) is 6.54 Å². The molecule has 134 valence electrons. The van der Waals surface area contributed by atoms with Crippen molar-refractivity contribution in [2.75, 3.05) is 13.7 Å². The highest BCUT2D eigenvalue weighted by Gasteiger charge is 2.13. The van der Waals surface area contributed by atoms with E-state index >= 15 is 0 Å². The van der Waals surface area contributed by atoms with Crippen molar-refractivity contribution in [1.29, 1.82) is 0 Å². The molecular formula is C18H20FNO4S. The van der Waals surface area contributed by atoms with Crippen LogP contribution in [0.5, 0.6) is 0 Å². The second-order valence-corrected chi connectivity index (χ2v) is 7.39. The minimum atomic E-state index is -3.52. The Balaban J connectivity index is 1.86. The van der Waals surface area contributed by atoms with E-state index in [2.05, 4.69) is 9.46 Å². The molecular weight excluding hydrogens is 345 g/mol. The van der Waals surface area contributed by atoms with Crippen LogP contribution in [0.4, 0.5) is 4.39 Å². The third kappa shape index (κ3) is 6.28. The van der Waals surface area contributed by atoms with Crippen LogP contribution in [0, 0.1) is 5.82 Å². The van der Waals surface area contributed by atoms with E-state index in [4.69, 9.17) is 0 Å². The van der Waals surface area contributed by atoms with Crippen molar-refractivity contribution < 1.29 is 22.3 Å². The standard InChI is InChI=1S/C18H20FNO4S/c1-24-18(21)16-8-2-6-15(11-16)13-25(22,23)20-10-4-7-14-5-3-9-17(19)12-14/h2-3,5-6,8-9,11-12,20H,4,7,10,13H2,1H3. The summed E-state index contributed by atoms with van der Waals surface area (Å²) in [6.07, 6.45) is 1.14. The van der Waals surface area contributed by atoms with Gasteiger partial charge >= 0.3 is 5.97 Å². The fourth-order valence-corrected chi connectivity index (χ4v) is 3.56. The number of aryl methyl sites for hydroxylation is 1. The molecule has 5 nitrogen and oxygen atoms in total. The zero-order chi connectivity index (χ0) is 18.3. The molecule has 0 aromatic heterocycles. The van der Waals surface area contributed by atoms with E-state index in [1.807, 2.05) is 0 Å². The summed E-state index contributed by atoms with van der Waals surface area (Å²) in [5.41, 5.74) is 1.63. The van der Waals surface area contributed by atoms with Crippen LogP contribution in [0.3, 0.4) is 0 Å². The van der Waals surface area contributed by atoms with Crippen LogP contribution in [0.2, 0.25) is 0 Å². The highest BCUT2D eigenvalue weighted by molar-refractivity contribution is 7.88. The zero-order valence-corrected chi connectivity index (χ0v) is 14.7. The summed E-state index contributed by atoms with van der Waals surface area (Å²) in [5.74, 6) is -1.04. The van der Waals surface area contributed by atoms with Crippen molar-refractivity contribution in [1.82, 2.24) is 4.72 Å². The lowest BCUT2D eigenvalue weighted by molar-refractivity contribution is 0.0600. The Labute approximate surface area is 146 Å². The molecule has 7 heteroatoms. The van der Waals surface area contributed by atoms with Crippen molar-refractivity contribution in [3.05, 3.63) is 71.0 Å². The second-order valence-electron chi connectivity index (χ2n) is 5.58. The van der Waals surface area contributed by atoms with Crippen LogP contribution >= 0.6 is 0 Å². The molecule has 0 spiro atoms. The Morgan fingerprint density at radius 2 is 1.84 bits per heavy atom. The third-order valence-electron chi connectivity index (χ3n) is 3.56. The van der Waals surface area contributed by atoms with E-state index in [0.717, 1.165) is 5.56 Å². The SMILES string of the molecule is COC(=O)c1cccc(CS(=O)(=O)NCCCc2cccc(F)c2)c1. The average molecular weight is 365 g/mol. The molecule has 25 heavy (non-hydrogen) atoms. The van der Waals surface area contributed by atoms with Crippen LogP contribution in [0.15, 0.2) is 48.5 Å². The van der Waals surface area contributed by atoms with Gasteiger partial charge in [0.15, 0.2) is 0 Å². The smallest absolute Gasteiger partial charge is 0.337 e. The van der Waals surface area contributed by atoms with Crippen molar-refractivity contribution in [2.24, 2.45) is 0 Å². The zero-order valence-electron chi connectivity index (χ0n) is 13.9. The van der Waals surface area contributed by atoms with Crippen molar-refractivity contribution in [3.63, 3.8) is 0 Å². The summed E-state index contributed by atoms with van der Waals surface area (Å²) in [4.78, 5) is 11.5. The lowest BCUT2D eigenvalue weighted by atomic mass is 10.1.